The summed E-state index contributed by atoms with van der Waals surface area (Å²) in [7, 11) is 0. The van der Waals surface area contributed by atoms with Gasteiger partial charge in [-0.15, -0.1) is 0 Å². The Bertz CT molecular complexity index is 786. The van der Waals surface area contributed by atoms with E-state index in [2.05, 4.69) is 33.5 Å². The van der Waals surface area contributed by atoms with Gasteiger partial charge in [0.15, 0.2) is 0 Å². The van der Waals surface area contributed by atoms with Crippen molar-refractivity contribution >= 4 is 6.03 Å². The van der Waals surface area contributed by atoms with Crippen LogP contribution in [0.15, 0.2) is 36.5 Å². The number of urea groups is 1. The molecule has 2 amide bonds. The number of nitrogens with one attached hydrogen (secondary N) is 2. The van der Waals surface area contributed by atoms with E-state index in [4.69, 9.17) is 0 Å². The molecule has 1 aromatic heterocycles. The average Bonchev–Trinajstić information content (AvgIpc) is 2.67. The van der Waals surface area contributed by atoms with Crippen LogP contribution in [0.2, 0.25) is 0 Å². The maximum atomic E-state index is 13.0. The Morgan fingerprint density at radius 3 is 2.61 bits per heavy atom. The molecular weight excluding hydrogens is 355 g/mol. The Labute approximate surface area is 166 Å². The van der Waals surface area contributed by atoms with Crippen molar-refractivity contribution < 1.29 is 9.18 Å². The molecule has 1 aliphatic rings. The van der Waals surface area contributed by atoms with Crippen LogP contribution in [0.25, 0.3) is 0 Å². The van der Waals surface area contributed by atoms with Gasteiger partial charge in [-0.2, -0.15) is 0 Å². The number of aromatic nitrogens is 1. The molecule has 150 valence electrons. The van der Waals surface area contributed by atoms with E-state index in [-0.39, 0.29) is 17.9 Å². The predicted octanol–water partition coefficient (Wildman–Crippen LogP) is 3.34. The molecule has 0 saturated carbocycles. The van der Waals surface area contributed by atoms with E-state index in [1.165, 1.54) is 12.1 Å². The van der Waals surface area contributed by atoms with Crippen molar-refractivity contribution in [1.29, 1.82) is 0 Å². The van der Waals surface area contributed by atoms with Crippen LogP contribution in [-0.2, 0) is 13.0 Å². The number of amides is 2. The van der Waals surface area contributed by atoms with Crippen molar-refractivity contribution in [2.24, 2.45) is 0 Å². The fourth-order valence-electron chi connectivity index (χ4n) is 3.62. The lowest BCUT2D eigenvalue weighted by atomic mass is 10.0. The van der Waals surface area contributed by atoms with Crippen molar-refractivity contribution in [2.75, 3.05) is 19.6 Å². The van der Waals surface area contributed by atoms with Gasteiger partial charge in [0.25, 0.3) is 0 Å². The summed E-state index contributed by atoms with van der Waals surface area (Å²) >= 11 is 0. The van der Waals surface area contributed by atoms with E-state index in [9.17, 15) is 9.18 Å². The molecule has 1 aromatic carbocycles. The summed E-state index contributed by atoms with van der Waals surface area (Å²) in [4.78, 5) is 18.9. The fraction of sp³-hybridized carbons (Fsp3) is 0.455. The van der Waals surface area contributed by atoms with E-state index >= 15 is 0 Å². The highest BCUT2D eigenvalue weighted by atomic mass is 19.1. The SMILES string of the molecule is Cc1cnc(CCNC(=O)NC2CCN(Cc3ccc(F)cc3)CC2)c(C)c1. The molecular formula is C22H29FN4O. The highest BCUT2D eigenvalue weighted by molar-refractivity contribution is 5.74. The molecule has 0 radical (unpaired) electrons. The summed E-state index contributed by atoms with van der Waals surface area (Å²) < 4.78 is 13.0. The lowest BCUT2D eigenvalue weighted by Crippen LogP contribution is -2.48. The number of hydrogen-bond acceptors (Lipinski definition) is 3. The van der Waals surface area contributed by atoms with E-state index in [1.807, 2.05) is 25.3 Å². The van der Waals surface area contributed by atoms with Crippen LogP contribution in [-0.4, -0.2) is 41.6 Å². The molecule has 5 nitrogen and oxygen atoms in total. The first kappa shape index (κ1) is 20.3. The van der Waals surface area contributed by atoms with Crippen molar-refractivity contribution in [3.05, 3.63) is 64.7 Å². The van der Waals surface area contributed by atoms with Gasteiger partial charge >= 0.3 is 6.03 Å². The predicted molar refractivity (Wildman–Crippen MR) is 109 cm³/mol. The lowest BCUT2D eigenvalue weighted by Gasteiger charge is -2.32. The zero-order valence-corrected chi connectivity index (χ0v) is 16.7. The highest BCUT2D eigenvalue weighted by Gasteiger charge is 2.20. The van der Waals surface area contributed by atoms with Gasteiger partial charge in [-0.25, -0.2) is 9.18 Å². The van der Waals surface area contributed by atoms with Crippen LogP contribution in [0.1, 0.15) is 35.2 Å². The van der Waals surface area contributed by atoms with Gasteiger partial charge in [-0.1, -0.05) is 18.2 Å². The van der Waals surface area contributed by atoms with Crippen LogP contribution in [0, 0.1) is 19.7 Å². The second-order valence-corrected chi connectivity index (χ2v) is 7.60. The molecule has 1 aliphatic heterocycles. The maximum Gasteiger partial charge on any atom is 0.315 e. The number of aryl methyl sites for hydroxylation is 2. The third-order valence-corrected chi connectivity index (χ3v) is 5.21. The molecule has 0 bridgehead atoms. The van der Waals surface area contributed by atoms with Crippen LogP contribution in [0.3, 0.4) is 0 Å². The number of halogens is 1. The van der Waals surface area contributed by atoms with Crippen LogP contribution >= 0.6 is 0 Å². The summed E-state index contributed by atoms with van der Waals surface area (Å²) in [5.41, 5.74) is 4.46. The molecule has 1 fully saturated rings. The molecule has 1 saturated heterocycles. The van der Waals surface area contributed by atoms with E-state index in [0.29, 0.717) is 6.54 Å². The number of hydrogen-bond donors (Lipinski definition) is 2. The molecule has 28 heavy (non-hydrogen) atoms. The van der Waals surface area contributed by atoms with E-state index in [1.54, 1.807) is 0 Å². The number of carbonyl (C=O) groups is 1. The molecule has 2 N–H and O–H groups in total. The monoisotopic (exact) mass is 384 g/mol. The summed E-state index contributed by atoms with van der Waals surface area (Å²) in [5, 5.41) is 6.01. The van der Waals surface area contributed by atoms with Crippen LogP contribution in [0.5, 0.6) is 0 Å². The second-order valence-electron chi connectivity index (χ2n) is 7.60. The lowest BCUT2D eigenvalue weighted by molar-refractivity contribution is 0.186. The van der Waals surface area contributed by atoms with Gasteiger partial charge in [-0.3, -0.25) is 9.88 Å². The number of likely N-dealkylation sites (tertiary alicyclic amines) is 1. The van der Waals surface area contributed by atoms with Crippen molar-refractivity contribution in [1.82, 2.24) is 20.5 Å². The van der Waals surface area contributed by atoms with Crippen LogP contribution in [0.4, 0.5) is 9.18 Å². The Morgan fingerprint density at radius 2 is 1.93 bits per heavy atom. The summed E-state index contributed by atoms with van der Waals surface area (Å²) in [5.74, 6) is -0.203. The topological polar surface area (TPSA) is 57.3 Å². The fourth-order valence-corrected chi connectivity index (χ4v) is 3.62. The standard InChI is InChI=1S/C22H29FN4O/c1-16-13-17(2)21(25-14-16)7-10-24-22(28)26-20-8-11-27(12-9-20)15-18-3-5-19(23)6-4-18/h3-6,13-14,20H,7-12,15H2,1-2H3,(H2,24,26,28). The zero-order valence-electron chi connectivity index (χ0n) is 16.7. The zero-order chi connectivity index (χ0) is 19.9. The second kappa shape index (κ2) is 9.64. The minimum atomic E-state index is -0.203. The Balaban J connectivity index is 1.34. The molecule has 0 aliphatic carbocycles. The van der Waals surface area contributed by atoms with E-state index < -0.39 is 0 Å². The first-order valence-electron chi connectivity index (χ1n) is 9.93. The van der Waals surface area contributed by atoms with Gasteiger partial charge in [-0.05, 0) is 55.5 Å². The highest BCUT2D eigenvalue weighted by Crippen LogP contribution is 2.14. The maximum absolute atomic E-state index is 13.0. The smallest absolute Gasteiger partial charge is 0.315 e. The third-order valence-electron chi connectivity index (χ3n) is 5.21. The van der Waals surface area contributed by atoms with Gasteiger partial charge in [0, 0.05) is 50.5 Å². The first-order valence-corrected chi connectivity index (χ1v) is 9.93. The minimum absolute atomic E-state index is 0.109. The van der Waals surface area contributed by atoms with Crippen molar-refractivity contribution in [2.45, 2.75) is 45.7 Å². The van der Waals surface area contributed by atoms with Crippen LogP contribution < -0.4 is 10.6 Å². The van der Waals surface area contributed by atoms with Gasteiger partial charge in [0.1, 0.15) is 5.82 Å². The Kier molecular flexibility index (Phi) is 6.98. The Morgan fingerprint density at radius 1 is 1.21 bits per heavy atom. The Hall–Kier alpha value is -2.47. The largest absolute Gasteiger partial charge is 0.338 e. The molecule has 0 spiro atoms. The molecule has 3 rings (SSSR count). The average molecular weight is 384 g/mol. The number of carbonyl (C=O) groups excluding carboxylic acids is 1. The number of pyridine rings is 1. The summed E-state index contributed by atoms with van der Waals surface area (Å²) in [6.07, 6.45) is 4.44. The summed E-state index contributed by atoms with van der Waals surface area (Å²) in [6.45, 7) is 7.33. The number of nitrogens with zero attached hydrogens (tertiary/aromatic N) is 2. The quantitative estimate of drug-likeness (QED) is 0.803. The number of piperidine rings is 1. The third kappa shape index (κ3) is 6.02. The van der Waals surface area contributed by atoms with Crippen molar-refractivity contribution in [3.63, 3.8) is 0 Å². The number of rotatable bonds is 6. The van der Waals surface area contributed by atoms with Crippen molar-refractivity contribution in [3.8, 4) is 0 Å². The van der Waals surface area contributed by atoms with Gasteiger partial charge in [0.05, 0.1) is 0 Å². The molecule has 0 unspecified atom stereocenters. The number of benzene rings is 1. The van der Waals surface area contributed by atoms with E-state index in [0.717, 1.165) is 61.3 Å². The molecule has 6 heteroatoms. The first-order chi connectivity index (χ1) is 13.5. The molecule has 2 aromatic rings. The van der Waals surface area contributed by atoms with Gasteiger partial charge in [0.2, 0.25) is 0 Å². The minimum Gasteiger partial charge on any atom is -0.338 e. The molecule has 0 atom stereocenters. The molecule has 2 heterocycles. The summed E-state index contributed by atoms with van der Waals surface area (Å²) in [6, 6.07) is 8.87. The normalized spacial score (nSPS) is 15.4. The van der Waals surface area contributed by atoms with Gasteiger partial charge < -0.3 is 10.6 Å².